The van der Waals surface area contributed by atoms with Crippen LogP contribution in [0.1, 0.15) is 63.6 Å². The Morgan fingerprint density at radius 3 is 2.36 bits per heavy atom. The van der Waals surface area contributed by atoms with E-state index in [1.165, 1.54) is 19.3 Å². The van der Waals surface area contributed by atoms with Gasteiger partial charge in [-0.25, -0.2) is 0 Å². The Balaban J connectivity index is 0. The van der Waals surface area contributed by atoms with Crippen molar-refractivity contribution >= 4 is 5.78 Å². The lowest BCUT2D eigenvalue weighted by Crippen LogP contribution is -1.99. The number of ketones is 1. The van der Waals surface area contributed by atoms with Gasteiger partial charge in [-0.2, -0.15) is 5.26 Å². The normalized spacial score (nSPS) is 8.77. The molecule has 1 rings (SSSR count). The maximum absolute atomic E-state index is 10.9. The van der Waals surface area contributed by atoms with Crippen LogP contribution in [0.15, 0.2) is 18.2 Å². The summed E-state index contributed by atoms with van der Waals surface area (Å²) in [5, 5.41) is 8.65. The molecular weight excluding hydrogens is 274 g/mol. The second kappa shape index (κ2) is 15.7. The van der Waals surface area contributed by atoms with Gasteiger partial charge >= 0.3 is 0 Å². The third kappa shape index (κ3) is 12.1. The molecule has 0 amide bonds. The molecule has 0 aliphatic heterocycles. The SMILES string of the molecule is CC.CC(=O)Cc1cc(C#N)ccc1C.CCCCCOC. The van der Waals surface area contributed by atoms with Crippen molar-refractivity contribution in [3.63, 3.8) is 0 Å². The average molecular weight is 305 g/mol. The number of unbranched alkanes of at least 4 members (excludes halogenated alkanes) is 2. The highest BCUT2D eigenvalue weighted by molar-refractivity contribution is 5.78. The molecule has 0 bridgehead atoms. The van der Waals surface area contributed by atoms with Gasteiger partial charge in [0.2, 0.25) is 0 Å². The van der Waals surface area contributed by atoms with Gasteiger partial charge in [0.05, 0.1) is 11.6 Å². The molecule has 0 aliphatic rings. The van der Waals surface area contributed by atoms with Crippen LogP contribution in [-0.4, -0.2) is 19.5 Å². The van der Waals surface area contributed by atoms with Crippen molar-refractivity contribution in [2.24, 2.45) is 0 Å². The molecule has 124 valence electrons. The zero-order chi connectivity index (χ0) is 17.4. The minimum absolute atomic E-state index is 0.123. The number of benzene rings is 1. The van der Waals surface area contributed by atoms with Crippen LogP contribution in [0, 0.1) is 18.3 Å². The molecule has 1 aromatic rings. The number of hydrogen-bond acceptors (Lipinski definition) is 3. The van der Waals surface area contributed by atoms with Crippen molar-refractivity contribution in [1.82, 2.24) is 0 Å². The Morgan fingerprint density at radius 2 is 1.91 bits per heavy atom. The first kappa shape index (κ1) is 22.6. The molecule has 22 heavy (non-hydrogen) atoms. The van der Waals surface area contributed by atoms with Crippen molar-refractivity contribution in [3.05, 3.63) is 34.9 Å². The van der Waals surface area contributed by atoms with Gasteiger partial charge in [-0.1, -0.05) is 39.7 Å². The van der Waals surface area contributed by atoms with Gasteiger partial charge in [0.15, 0.2) is 0 Å². The van der Waals surface area contributed by atoms with E-state index in [0.29, 0.717) is 12.0 Å². The van der Waals surface area contributed by atoms with E-state index >= 15 is 0 Å². The minimum Gasteiger partial charge on any atom is -0.385 e. The van der Waals surface area contributed by atoms with Crippen molar-refractivity contribution in [2.75, 3.05) is 13.7 Å². The Bertz CT molecular complexity index is 443. The maximum atomic E-state index is 10.9. The highest BCUT2D eigenvalue weighted by Gasteiger charge is 2.02. The number of carbonyl (C=O) groups is 1. The van der Waals surface area contributed by atoms with Crippen molar-refractivity contribution < 1.29 is 9.53 Å². The predicted molar refractivity (Wildman–Crippen MR) is 93.0 cm³/mol. The summed E-state index contributed by atoms with van der Waals surface area (Å²) in [6.07, 6.45) is 4.21. The van der Waals surface area contributed by atoms with Crippen molar-refractivity contribution in [3.8, 4) is 6.07 Å². The molecule has 3 nitrogen and oxygen atoms in total. The predicted octanol–water partition coefficient (Wildman–Crippen LogP) is 4.85. The molecule has 0 atom stereocenters. The Labute approximate surface area is 136 Å². The van der Waals surface area contributed by atoms with Crippen molar-refractivity contribution in [1.29, 1.82) is 5.26 Å². The number of nitriles is 1. The molecule has 0 N–H and O–H groups in total. The third-order valence-electron chi connectivity index (χ3n) is 2.87. The third-order valence-corrected chi connectivity index (χ3v) is 2.87. The van der Waals surface area contributed by atoms with E-state index in [9.17, 15) is 4.79 Å². The first-order valence-corrected chi connectivity index (χ1v) is 8.03. The van der Waals surface area contributed by atoms with Crippen LogP contribution in [-0.2, 0) is 16.0 Å². The summed E-state index contributed by atoms with van der Waals surface area (Å²) < 4.78 is 4.84. The largest absolute Gasteiger partial charge is 0.385 e. The van der Waals surface area contributed by atoms with E-state index in [-0.39, 0.29) is 5.78 Å². The summed E-state index contributed by atoms with van der Waals surface area (Å²) in [5.74, 6) is 0.123. The van der Waals surface area contributed by atoms with Gasteiger partial charge in [0.1, 0.15) is 5.78 Å². The molecule has 0 aromatic heterocycles. The Hall–Kier alpha value is -1.66. The minimum atomic E-state index is 0.123. The average Bonchev–Trinajstić information content (AvgIpc) is 2.52. The molecule has 0 aliphatic carbocycles. The smallest absolute Gasteiger partial charge is 0.134 e. The molecule has 0 saturated carbocycles. The summed E-state index contributed by atoms with van der Waals surface area (Å²) in [6, 6.07) is 7.47. The molecule has 0 saturated heterocycles. The topological polar surface area (TPSA) is 50.1 Å². The second-order valence-corrected chi connectivity index (χ2v) is 4.83. The molecule has 3 heteroatoms. The lowest BCUT2D eigenvalue weighted by molar-refractivity contribution is -0.116. The van der Waals surface area contributed by atoms with Crippen LogP contribution < -0.4 is 0 Å². The monoisotopic (exact) mass is 305 g/mol. The molecule has 0 fully saturated rings. The summed E-state index contributed by atoms with van der Waals surface area (Å²) in [6.45, 7) is 10.6. The number of carbonyl (C=O) groups excluding carboxylic acids is 1. The van der Waals surface area contributed by atoms with Gasteiger partial charge in [-0.3, -0.25) is 4.79 Å². The lowest BCUT2D eigenvalue weighted by Gasteiger charge is -2.02. The van der Waals surface area contributed by atoms with Crippen LogP contribution in [0.5, 0.6) is 0 Å². The fourth-order valence-electron chi connectivity index (χ4n) is 1.70. The zero-order valence-corrected chi connectivity index (χ0v) is 15.0. The summed E-state index contributed by atoms with van der Waals surface area (Å²) in [7, 11) is 1.75. The molecule has 0 heterocycles. The molecular formula is C19H31NO2. The quantitative estimate of drug-likeness (QED) is 0.706. The number of nitrogens with zero attached hydrogens (tertiary/aromatic N) is 1. The van der Waals surface area contributed by atoms with Gasteiger partial charge in [0, 0.05) is 20.1 Å². The van der Waals surface area contributed by atoms with Gasteiger partial charge in [-0.15, -0.1) is 0 Å². The molecule has 0 radical (unpaired) electrons. The molecule has 0 unspecified atom stereocenters. The van der Waals surface area contributed by atoms with Crippen LogP contribution in [0.2, 0.25) is 0 Å². The zero-order valence-electron chi connectivity index (χ0n) is 15.0. The highest BCUT2D eigenvalue weighted by Crippen LogP contribution is 2.11. The molecule has 0 spiro atoms. The number of ether oxygens (including phenoxy) is 1. The van der Waals surface area contributed by atoms with E-state index in [1.807, 2.05) is 26.8 Å². The van der Waals surface area contributed by atoms with Crippen LogP contribution in [0.3, 0.4) is 0 Å². The van der Waals surface area contributed by atoms with Crippen LogP contribution in [0.25, 0.3) is 0 Å². The number of methoxy groups -OCH3 is 1. The van der Waals surface area contributed by atoms with Gasteiger partial charge < -0.3 is 4.74 Å². The van der Waals surface area contributed by atoms with E-state index < -0.39 is 0 Å². The summed E-state index contributed by atoms with van der Waals surface area (Å²) in [4.78, 5) is 10.9. The summed E-state index contributed by atoms with van der Waals surface area (Å²) in [5.41, 5.74) is 2.63. The highest BCUT2D eigenvalue weighted by atomic mass is 16.5. The Kier molecular flexibility index (Phi) is 16.2. The Morgan fingerprint density at radius 1 is 1.27 bits per heavy atom. The van der Waals surface area contributed by atoms with Gasteiger partial charge in [0.25, 0.3) is 0 Å². The first-order chi connectivity index (χ1) is 10.5. The maximum Gasteiger partial charge on any atom is 0.134 e. The second-order valence-electron chi connectivity index (χ2n) is 4.83. The fraction of sp³-hybridized carbons (Fsp3) is 0.579. The van der Waals surface area contributed by atoms with Gasteiger partial charge in [-0.05, 0) is 43.5 Å². The van der Waals surface area contributed by atoms with E-state index in [0.717, 1.165) is 17.7 Å². The van der Waals surface area contributed by atoms with Crippen LogP contribution >= 0.6 is 0 Å². The number of aryl methyl sites for hydroxylation is 1. The van der Waals surface area contributed by atoms with Crippen molar-refractivity contribution in [2.45, 2.75) is 60.3 Å². The molecule has 1 aromatic carbocycles. The van der Waals surface area contributed by atoms with E-state index in [4.69, 9.17) is 10.00 Å². The van der Waals surface area contributed by atoms with E-state index in [1.54, 1.807) is 26.2 Å². The van der Waals surface area contributed by atoms with Crippen LogP contribution in [0.4, 0.5) is 0 Å². The standard InChI is InChI=1S/C11H11NO.C6H14O.C2H6/c1-8-3-4-10(7-12)6-11(8)5-9(2)13;1-3-4-5-6-7-2;1-2/h3-4,6H,5H2,1-2H3;3-6H2,1-2H3;1-2H3. The fourth-order valence-corrected chi connectivity index (χ4v) is 1.70. The first-order valence-electron chi connectivity index (χ1n) is 8.03. The summed E-state index contributed by atoms with van der Waals surface area (Å²) >= 11 is 0. The lowest BCUT2D eigenvalue weighted by atomic mass is 10.0. The number of hydrogen-bond donors (Lipinski definition) is 0. The number of Topliss-reactive ketones (excluding diaryl/α,β-unsaturated/α-hetero) is 1. The number of rotatable bonds is 6. The van der Waals surface area contributed by atoms with E-state index in [2.05, 4.69) is 13.0 Å².